The minimum absolute atomic E-state index is 0.210. The Hall–Kier alpha value is -2.50. The molecule has 3 heterocycles. The topological polar surface area (TPSA) is 72.6 Å². The summed E-state index contributed by atoms with van der Waals surface area (Å²) < 4.78 is 10.5. The van der Waals surface area contributed by atoms with E-state index in [0.717, 1.165) is 5.56 Å². The number of benzene rings is 1. The summed E-state index contributed by atoms with van der Waals surface area (Å²) in [7, 11) is 0. The molecule has 0 fully saturated rings. The molecular weight excluding hydrogens is 222 g/mol. The number of rotatable bonds is 0. The van der Waals surface area contributed by atoms with Gasteiger partial charge in [-0.2, -0.15) is 4.99 Å². The van der Waals surface area contributed by atoms with E-state index in [2.05, 4.69) is 15.0 Å². The van der Waals surface area contributed by atoms with E-state index in [1.165, 1.54) is 6.34 Å². The van der Waals surface area contributed by atoms with Crippen molar-refractivity contribution in [3.8, 4) is 11.5 Å². The van der Waals surface area contributed by atoms with Crippen LogP contribution in [0.5, 0.6) is 11.5 Å². The number of nitrogens with zero attached hydrogens (tertiary/aromatic N) is 3. The predicted molar refractivity (Wildman–Crippen MR) is 59.7 cm³/mol. The highest BCUT2D eigenvalue weighted by Gasteiger charge is 2.31. The molecule has 0 aliphatic carbocycles. The van der Waals surface area contributed by atoms with Crippen LogP contribution in [-0.4, -0.2) is 30.5 Å². The number of carbonyl (C=O) groups excluding carboxylic acids is 1. The van der Waals surface area contributed by atoms with Crippen molar-refractivity contribution in [3.63, 3.8) is 0 Å². The zero-order chi connectivity index (χ0) is 11.4. The number of hydrogen-bond acceptors (Lipinski definition) is 5. The minimum atomic E-state index is -0.367. The van der Waals surface area contributed by atoms with Crippen LogP contribution in [0.1, 0.15) is 5.56 Å². The highest BCUT2D eigenvalue weighted by molar-refractivity contribution is 6.74. The monoisotopic (exact) mass is 227 g/mol. The lowest BCUT2D eigenvalue weighted by atomic mass is 10.1. The normalized spacial score (nSPS) is 18.7. The van der Waals surface area contributed by atoms with Gasteiger partial charge in [-0.05, 0) is 6.07 Å². The fourth-order valence-corrected chi connectivity index (χ4v) is 1.99. The van der Waals surface area contributed by atoms with Gasteiger partial charge in [0.1, 0.15) is 12.1 Å². The molecule has 1 aromatic carbocycles. The molecule has 0 unspecified atom stereocenters. The lowest BCUT2D eigenvalue weighted by Gasteiger charge is -2.03. The second kappa shape index (κ2) is 2.79. The van der Waals surface area contributed by atoms with Crippen LogP contribution in [0, 0.1) is 0 Å². The van der Waals surface area contributed by atoms with Crippen molar-refractivity contribution >= 4 is 29.4 Å². The van der Waals surface area contributed by atoms with Gasteiger partial charge in [-0.3, -0.25) is 4.79 Å². The first kappa shape index (κ1) is 8.63. The van der Waals surface area contributed by atoms with Crippen LogP contribution in [0.4, 0.5) is 5.69 Å². The van der Waals surface area contributed by atoms with Gasteiger partial charge < -0.3 is 9.47 Å². The van der Waals surface area contributed by atoms with Crippen LogP contribution in [-0.2, 0) is 4.79 Å². The first-order chi connectivity index (χ1) is 8.33. The van der Waals surface area contributed by atoms with Crippen molar-refractivity contribution in [2.45, 2.75) is 0 Å². The summed E-state index contributed by atoms with van der Waals surface area (Å²) in [4.78, 5) is 23.4. The van der Waals surface area contributed by atoms with E-state index in [9.17, 15) is 4.79 Å². The molecule has 6 nitrogen and oxygen atoms in total. The third-order valence-electron chi connectivity index (χ3n) is 2.77. The summed E-state index contributed by atoms with van der Waals surface area (Å²) in [5, 5.41) is 0. The second-order valence-corrected chi connectivity index (χ2v) is 3.71. The third kappa shape index (κ3) is 1.04. The molecule has 17 heavy (non-hydrogen) atoms. The molecule has 0 atom stereocenters. The van der Waals surface area contributed by atoms with E-state index in [1.807, 2.05) is 0 Å². The van der Waals surface area contributed by atoms with Gasteiger partial charge in [-0.1, -0.05) is 0 Å². The molecule has 0 spiro atoms. The number of amides is 1. The van der Waals surface area contributed by atoms with Gasteiger partial charge >= 0.3 is 0 Å². The smallest absolute Gasteiger partial charge is 0.299 e. The maximum Gasteiger partial charge on any atom is 0.299 e. The van der Waals surface area contributed by atoms with Gasteiger partial charge in [0.05, 0.1) is 5.69 Å². The van der Waals surface area contributed by atoms with Crippen LogP contribution in [0.3, 0.4) is 0 Å². The van der Waals surface area contributed by atoms with Gasteiger partial charge in [-0.15, -0.1) is 0 Å². The summed E-state index contributed by atoms with van der Waals surface area (Å²) in [6.07, 6.45) is 1.25. The molecule has 6 heteroatoms. The number of aliphatic imine (C=N–C) groups is 3. The molecule has 0 N–H and O–H groups in total. The molecular formula is C11H5N3O3. The summed E-state index contributed by atoms with van der Waals surface area (Å²) in [5.74, 6) is 0.923. The van der Waals surface area contributed by atoms with Crippen LogP contribution < -0.4 is 9.47 Å². The molecule has 3 aliphatic heterocycles. The van der Waals surface area contributed by atoms with Crippen molar-refractivity contribution in [1.82, 2.24) is 0 Å². The number of carbonyl (C=O) groups is 1. The Balaban J connectivity index is 1.97. The standard InChI is InChI=1S/C11H5N3O3/c15-11-10-9(12-3-13-11)5-1-7-8(17-4-16-7)2-6(5)14-10/h1-3H,4H2. The molecule has 1 aromatic rings. The Kier molecular flexibility index (Phi) is 1.42. The Labute approximate surface area is 95.3 Å². The lowest BCUT2D eigenvalue weighted by molar-refractivity contribution is -0.111. The molecule has 4 rings (SSSR count). The van der Waals surface area contributed by atoms with Crippen LogP contribution >= 0.6 is 0 Å². The van der Waals surface area contributed by atoms with E-state index in [1.54, 1.807) is 12.1 Å². The van der Waals surface area contributed by atoms with Crippen molar-refractivity contribution in [3.05, 3.63) is 17.7 Å². The molecule has 0 aromatic heterocycles. The van der Waals surface area contributed by atoms with Crippen molar-refractivity contribution in [2.75, 3.05) is 6.79 Å². The van der Waals surface area contributed by atoms with Crippen LogP contribution in [0.2, 0.25) is 0 Å². The molecule has 0 saturated heterocycles. The van der Waals surface area contributed by atoms with E-state index < -0.39 is 0 Å². The Bertz CT molecular complexity index is 658. The number of ether oxygens (including phenoxy) is 2. The SMILES string of the molecule is O=C1N=CN=C2C1=Nc1cc3c(cc12)OCO3. The Morgan fingerprint density at radius 2 is 1.94 bits per heavy atom. The van der Waals surface area contributed by atoms with Crippen molar-refractivity contribution in [2.24, 2.45) is 15.0 Å². The predicted octanol–water partition coefficient (Wildman–Crippen LogP) is 0.859. The minimum Gasteiger partial charge on any atom is -0.454 e. The first-order valence-corrected chi connectivity index (χ1v) is 5.01. The quantitative estimate of drug-likeness (QED) is 0.659. The van der Waals surface area contributed by atoms with Crippen LogP contribution in [0.25, 0.3) is 0 Å². The summed E-state index contributed by atoms with van der Waals surface area (Å²) in [6, 6.07) is 3.54. The van der Waals surface area contributed by atoms with Gasteiger partial charge in [0.15, 0.2) is 17.2 Å². The fraction of sp³-hybridized carbons (Fsp3) is 0.0909. The Morgan fingerprint density at radius 1 is 1.12 bits per heavy atom. The molecule has 3 aliphatic rings. The van der Waals surface area contributed by atoms with E-state index in [-0.39, 0.29) is 18.4 Å². The fourth-order valence-electron chi connectivity index (χ4n) is 1.99. The Morgan fingerprint density at radius 3 is 2.82 bits per heavy atom. The zero-order valence-electron chi connectivity index (χ0n) is 8.51. The van der Waals surface area contributed by atoms with E-state index in [0.29, 0.717) is 22.9 Å². The van der Waals surface area contributed by atoms with Crippen molar-refractivity contribution < 1.29 is 14.3 Å². The van der Waals surface area contributed by atoms with E-state index >= 15 is 0 Å². The summed E-state index contributed by atoms with van der Waals surface area (Å²) >= 11 is 0. The first-order valence-electron chi connectivity index (χ1n) is 5.01. The van der Waals surface area contributed by atoms with Gasteiger partial charge in [0.25, 0.3) is 5.91 Å². The average molecular weight is 227 g/mol. The third-order valence-corrected chi connectivity index (χ3v) is 2.77. The average Bonchev–Trinajstić information content (AvgIpc) is 2.90. The number of fused-ring (bicyclic) bond motifs is 4. The lowest BCUT2D eigenvalue weighted by Crippen LogP contribution is -2.23. The summed E-state index contributed by atoms with van der Waals surface area (Å²) in [5.41, 5.74) is 2.29. The van der Waals surface area contributed by atoms with E-state index in [4.69, 9.17) is 9.47 Å². The molecule has 0 saturated carbocycles. The zero-order valence-corrected chi connectivity index (χ0v) is 8.51. The molecule has 0 bridgehead atoms. The largest absolute Gasteiger partial charge is 0.454 e. The van der Waals surface area contributed by atoms with Gasteiger partial charge in [-0.25, -0.2) is 9.98 Å². The molecule has 82 valence electrons. The highest BCUT2D eigenvalue weighted by Crippen LogP contribution is 2.41. The van der Waals surface area contributed by atoms with Crippen LogP contribution in [0.15, 0.2) is 27.1 Å². The van der Waals surface area contributed by atoms with Crippen molar-refractivity contribution in [1.29, 1.82) is 0 Å². The molecule has 0 radical (unpaired) electrons. The number of hydrogen-bond donors (Lipinski definition) is 0. The second-order valence-electron chi connectivity index (χ2n) is 3.71. The maximum atomic E-state index is 11.5. The van der Waals surface area contributed by atoms with Gasteiger partial charge in [0, 0.05) is 11.6 Å². The van der Waals surface area contributed by atoms with Gasteiger partial charge in [0.2, 0.25) is 6.79 Å². The highest BCUT2D eigenvalue weighted by atomic mass is 16.7. The maximum absolute atomic E-state index is 11.5. The molecule has 1 amide bonds. The summed E-state index contributed by atoms with van der Waals surface area (Å²) in [6.45, 7) is 0.210.